The number of fused-ring (bicyclic) bond motifs is 9. The van der Waals surface area contributed by atoms with E-state index in [1.165, 1.54) is 62.6 Å². The Morgan fingerprint density at radius 2 is 1.00 bits per heavy atom. The van der Waals surface area contributed by atoms with Gasteiger partial charge < -0.3 is 9.32 Å². The highest BCUT2D eigenvalue weighted by Crippen LogP contribution is 2.50. The second-order valence-electron chi connectivity index (χ2n) is 13.2. The van der Waals surface area contributed by atoms with Gasteiger partial charge in [0.2, 0.25) is 0 Å². The van der Waals surface area contributed by atoms with Crippen LogP contribution in [0, 0.1) is 0 Å². The topological polar surface area (TPSA) is 16.4 Å². The van der Waals surface area contributed by atoms with E-state index in [0.29, 0.717) is 0 Å². The highest BCUT2D eigenvalue weighted by Gasteiger charge is 2.23. The summed E-state index contributed by atoms with van der Waals surface area (Å²) in [5.74, 6) is 0. The highest BCUT2D eigenvalue weighted by molar-refractivity contribution is 7.26. The highest BCUT2D eigenvalue weighted by atomic mass is 32.1. The minimum Gasteiger partial charge on any atom is -0.456 e. The van der Waals surface area contributed by atoms with Crippen LogP contribution in [-0.2, 0) is 0 Å². The Balaban J connectivity index is 1.20. The van der Waals surface area contributed by atoms with Gasteiger partial charge >= 0.3 is 0 Å². The fourth-order valence-electron chi connectivity index (χ4n) is 7.89. The van der Waals surface area contributed by atoms with Crippen LogP contribution in [0.25, 0.3) is 84.5 Å². The zero-order chi connectivity index (χ0) is 34.2. The molecule has 0 aliphatic carbocycles. The fraction of sp³-hybridized carbons (Fsp3) is 0. The van der Waals surface area contributed by atoms with Crippen LogP contribution in [0.4, 0.5) is 17.1 Å². The Bertz CT molecular complexity index is 3130. The van der Waals surface area contributed by atoms with E-state index in [0.717, 1.165) is 39.0 Å². The molecule has 52 heavy (non-hydrogen) atoms. The van der Waals surface area contributed by atoms with Crippen LogP contribution in [-0.4, -0.2) is 0 Å². The van der Waals surface area contributed by atoms with Crippen molar-refractivity contribution >= 4 is 102 Å². The van der Waals surface area contributed by atoms with Crippen molar-refractivity contribution < 1.29 is 4.42 Å². The number of benzene rings is 8. The van der Waals surface area contributed by atoms with E-state index in [1.807, 2.05) is 28.7 Å². The molecule has 8 aromatic carbocycles. The zero-order valence-electron chi connectivity index (χ0n) is 27.9. The molecule has 0 unspecified atom stereocenters. The molecule has 0 bridgehead atoms. The van der Waals surface area contributed by atoms with E-state index < -0.39 is 0 Å². The maximum atomic E-state index is 6.48. The molecule has 0 radical (unpaired) electrons. The predicted octanol–water partition coefficient (Wildman–Crippen LogP) is 15.1. The van der Waals surface area contributed by atoms with E-state index in [1.54, 1.807) is 0 Å². The molecule has 0 saturated carbocycles. The van der Waals surface area contributed by atoms with Gasteiger partial charge in [0.1, 0.15) is 11.2 Å². The van der Waals surface area contributed by atoms with Gasteiger partial charge in [-0.05, 0) is 70.8 Å². The minimum atomic E-state index is 0.880. The molecular formula is C48H29NOS2. The third kappa shape index (κ3) is 4.55. The van der Waals surface area contributed by atoms with Gasteiger partial charge in [-0.2, -0.15) is 0 Å². The van der Waals surface area contributed by atoms with Crippen LogP contribution in [0.1, 0.15) is 0 Å². The lowest BCUT2D eigenvalue weighted by Gasteiger charge is -2.27. The molecule has 0 atom stereocenters. The van der Waals surface area contributed by atoms with Crippen molar-refractivity contribution in [1.29, 1.82) is 0 Å². The van der Waals surface area contributed by atoms with Crippen LogP contribution in [0.15, 0.2) is 180 Å². The first kappa shape index (κ1) is 29.5. The second-order valence-corrected chi connectivity index (χ2v) is 15.3. The van der Waals surface area contributed by atoms with Crippen LogP contribution >= 0.6 is 22.7 Å². The molecule has 0 saturated heterocycles. The summed E-state index contributed by atoms with van der Waals surface area (Å²) in [6.45, 7) is 0. The molecule has 3 heterocycles. The lowest BCUT2D eigenvalue weighted by molar-refractivity contribution is 0.669. The Morgan fingerprint density at radius 3 is 1.83 bits per heavy atom. The molecule has 0 aliphatic rings. The van der Waals surface area contributed by atoms with Gasteiger partial charge in [-0.3, -0.25) is 0 Å². The number of para-hydroxylation sites is 1. The first-order valence-electron chi connectivity index (χ1n) is 17.5. The molecule has 4 heteroatoms. The number of thiophene rings is 2. The number of furan rings is 1. The molecular weight excluding hydrogens is 671 g/mol. The van der Waals surface area contributed by atoms with E-state index in [9.17, 15) is 0 Å². The normalized spacial score (nSPS) is 11.8. The number of hydrogen-bond acceptors (Lipinski definition) is 4. The van der Waals surface area contributed by atoms with Crippen molar-refractivity contribution in [2.24, 2.45) is 0 Å². The van der Waals surface area contributed by atoms with Crippen molar-refractivity contribution in [1.82, 2.24) is 0 Å². The Hall–Kier alpha value is -6.20. The summed E-state index contributed by atoms with van der Waals surface area (Å²) in [6.07, 6.45) is 0. The number of hydrogen-bond donors (Lipinski definition) is 0. The number of rotatable bonds is 5. The number of anilines is 3. The van der Waals surface area contributed by atoms with E-state index in [-0.39, 0.29) is 0 Å². The Kier molecular flexibility index (Phi) is 6.63. The van der Waals surface area contributed by atoms with Crippen LogP contribution in [0.3, 0.4) is 0 Å². The molecule has 0 spiro atoms. The Morgan fingerprint density at radius 1 is 0.385 bits per heavy atom. The summed E-state index contributed by atoms with van der Waals surface area (Å²) in [4.78, 5) is 2.44. The minimum absolute atomic E-state index is 0.880. The molecule has 244 valence electrons. The van der Waals surface area contributed by atoms with Crippen LogP contribution < -0.4 is 4.90 Å². The van der Waals surface area contributed by atoms with Crippen LogP contribution in [0.5, 0.6) is 0 Å². The fourth-order valence-corrected chi connectivity index (χ4v) is 10.4. The molecule has 0 fully saturated rings. The maximum absolute atomic E-state index is 6.48. The summed E-state index contributed by atoms with van der Waals surface area (Å²) in [5, 5.41) is 7.32. The molecule has 0 aliphatic heterocycles. The lowest BCUT2D eigenvalue weighted by Crippen LogP contribution is -2.10. The number of nitrogens with zero attached hydrogens (tertiary/aromatic N) is 1. The van der Waals surface area contributed by atoms with E-state index in [4.69, 9.17) is 4.42 Å². The van der Waals surface area contributed by atoms with Gasteiger partial charge in [0.15, 0.2) is 0 Å². The van der Waals surface area contributed by atoms with Gasteiger partial charge in [0.25, 0.3) is 0 Å². The zero-order valence-corrected chi connectivity index (χ0v) is 29.5. The first-order chi connectivity index (χ1) is 25.8. The summed E-state index contributed by atoms with van der Waals surface area (Å²) in [6, 6.07) is 63.6. The van der Waals surface area contributed by atoms with Crippen molar-refractivity contribution in [3.8, 4) is 22.3 Å². The summed E-state index contributed by atoms with van der Waals surface area (Å²) in [5.41, 5.74) is 10.1. The van der Waals surface area contributed by atoms with Gasteiger partial charge in [-0.25, -0.2) is 0 Å². The molecule has 11 rings (SSSR count). The smallest absolute Gasteiger partial charge is 0.137 e. The van der Waals surface area contributed by atoms with E-state index >= 15 is 0 Å². The molecule has 0 amide bonds. The maximum Gasteiger partial charge on any atom is 0.137 e. The third-order valence-corrected chi connectivity index (χ3v) is 12.7. The van der Waals surface area contributed by atoms with Crippen LogP contribution in [0.2, 0.25) is 0 Å². The molecule has 3 aromatic heterocycles. The molecule has 2 nitrogen and oxygen atoms in total. The van der Waals surface area contributed by atoms with E-state index in [2.05, 4.69) is 175 Å². The Labute approximate surface area is 308 Å². The summed E-state index contributed by atoms with van der Waals surface area (Å²) in [7, 11) is 0. The average molecular weight is 700 g/mol. The van der Waals surface area contributed by atoms with Crippen molar-refractivity contribution in [3.05, 3.63) is 176 Å². The quantitative estimate of drug-likeness (QED) is 0.178. The largest absolute Gasteiger partial charge is 0.456 e. The average Bonchev–Trinajstić information content (AvgIpc) is 3.90. The second kappa shape index (κ2) is 11.7. The van der Waals surface area contributed by atoms with Gasteiger partial charge in [0, 0.05) is 68.6 Å². The summed E-state index contributed by atoms with van der Waals surface area (Å²) >= 11 is 3.75. The van der Waals surface area contributed by atoms with Crippen molar-refractivity contribution in [3.63, 3.8) is 0 Å². The SMILES string of the molecule is c1ccc(-c2cccc3c2sc2ccc(N(c4ccc5c(c4)oc4ccccc45)c4ccc(-c5ccccc5)c5sc6ccccc6c45)cc23)cc1. The standard InChI is InChI=1S/C48H29NOS2/c1-3-12-30(13-4-1)34-18-11-19-38-40-28-32(23-27-45(40)51-47(34)38)49(33-22-24-37-36-16-7-9-20-42(36)50-43(37)29-33)41-26-25-35(31-14-5-2-6-15-31)48-46(41)39-17-8-10-21-44(39)52-48/h1-29H. The van der Waals surface area contributed by atoms with Gasteiger partial charge in [-0.15, -0.1) is 22.7 Å². The first-order valence-corrected chi connectivity index (χ1v) is 19.1. The van der Waals surface area contributed by atoms with Gasteiger partial charge in [-0.1, -0.05) is 121 Å². The van der Waals surface area contributed by atoms with Crippen molar-refractivity contribution in [2.45, 2.75) is 0 Å². The third-order valence-electron chi connectivity index (χ3n) is 10.3. The molecule has 0 N–H and O–H groups in total. The predicted molar refractivity (Wildman–Crippen MR) is 225 cm³/mol. The van der Waals surface area contributed by atoms with Gasteiger partial charge in [0.05, 0.1) is 5.69 Å². The monoisotopic (exact) mass is 699 g/mol. The summed E-state index contributed by atoms with van der Waals surface area (Å²) < 4.78 is 11.6. The lowest BCUT2D eigenvalue weighted by atomic mass is 9.99. The van der Waals surface area contributed by atoms with Crippen molar-refractivity contribution in [2.75, 3.05) is 4.90 Å². The molecule has 11 aromatic rings.